The van der Waals surface area contributed by atoms with Crippen molar-refractivity contribution >= 4 is 17.9 Å². The van der Waals surface area contributed by atoms with Crippen LogP contribution in [0.3, 0.4) is 0 Å². The summed E-state index contributed by atoms with van der Waals surface area (Å²) in [5, 5.41) is 11.8. The summed E-state index contributed by atoms with van der Waals surface area (Å²) in [6, 6.07) is 0. The van der Waals surface area contributed by atoms with Crippen molar-refractivity contribution in [3.8, 4) is 0 Å². The number of esters is 2. The average molecular weight is 1220 g/mol. The first-order valence-electron chi connectivity index (χ1n) is 37.1. The van der Waals surface area contributed by atoms with Crippen LogP contribution in [0.1, 0.15) is 348 Å². The number of quaternary nitrogens is 1. The van der Waals surface area contributed by atoms with Crippen LogP contribution in [0.25, 0.3) is 0 Å². The van der Waals surface area contributed by atoms with Crippen molar-refractivity contribution in [3.05, 3.63) is 72.9 Å². The van der Waals surface area contributed by atoms with Crippen LogP contribution in [0.15, 0.2) is 72.9 Å². The molecule has 0 aromatic heterocycles. The SMILES string of the molecule is CC/C=C\C/C=C\C/C=C\C/C=C\CCCCCCCCCCCCCCCCCCCCCCCCCCCCC(=O)OC(COC(=O)CCCCCCCCCCCCC/C=C\C/C=C\CCCCCCC)COC(OCC[N+](C)(C)C)C(=O)[O-]. The number of allylic oxidation sites excluding steroid dienone is 12. The number of aliphatic carboxylic acids is 1. The molecule has 0 aliphatic heterocycles. The van der Waals surface area contributed by atoms with Gasteiger partial charge in [0.25, 0.3) is 0 Å². The Morgan fingerprint density at radius 3 is 0.977 bits per heavy atom. The predicted molar refractivity (Wildman–Crippen MR) is 371 cm³/mol. The van der Waals surface area contributed by atoms with Crippen LogP contribution in [-0.4, -0.2) is 82.3 Å². The van der Waals surface area contributed by atoms with E-state index in [0.29, 0.717) is 23.9 Å². The molecule has 0 fully saturated rings. The van der Waals surface area contributed by atoms with E-state index in [9.17, 15) is 19.5 Å². The lowest BCUT2D eigenvalue weighted by Crippen LogP contribution is -2.44. The summed E-state index contributed by atoms with van der Waals surface area (Å²) in [7, 11) is 5.94. The van der Waals surface area contributed by atoms with Crippen molar-refractivity contribution < 1.29 is 42.9 Å². The third kappa shape index (κ3) is 70.1. The zero-order valence-corrected chi connectivity index (χ0v) is 57.9. The lowest BCUT2D eigenvalue weighted by Gasteiger charge is -2.26. The fourth-order valence-corrected chi connectivity index (χ4v) is 10.8. The summed E-state index contributed by atoms with van der Waals surface area (Å²) in [6.07, 6.45) is 88.6. The highest BCUT2D eigenvalue weighted by atomic mass is 16.7. The summed E-state index contributed by atoms with van der Waals surface area (Å²) in [5.41, 5.74) is 0. The second kappa shape index (κ2) is 68.6. The van der Waals surface area contributed by atoms with Gasteiger partial charge in [0.1, 0.15) is 13.2 Å². The Balaban J connectivity index is 3.99. The minimum Gasteiger partial charge on any atom is -0.545 e. The Labute approximate surface area is 538 Å². The standard InChI is InChI=1S/C78H141NO8/c1-6-8-10-12-14-16-18-20-22-24-26-28-30-31-32-33-34-35-36-37-38-39-40-41-42-43-44-45-47-49-51-53-55-57-59-61-63-65-67-69-76(81)87-74(73-86-78(77(82)83)84-71-70-79(3,4)5)72-85-75(80)68-66-64-62-60-58-56-54-52-50-48-46-29-27-25-23-21-19-17-15-13-11-9-7-2/h8,10,14,16,19-22,25-28,74,78H,6-7,9,11-13,15,17-18,23-24,29-73H2,1-5H3/b10-8-,16-14-,21-19-,22-20-,27-25-,28-26-. The van der Waals surface area contributed by atoms with Gasteiger partial charge in [-0.05, 0) is 83.5 Å². The Bertz CT molecular complexity index is 1660. The summed E-state index contributed by atoms with van der Waals surface area (Å²) in [6.45, 7) is 4.67. The first-order valence-corrected chi connectivity index (χ1v) is 37.1. The molecule has 9 nitrogen and oxygen atoms in total. The quantitative estimate of drug-likeness (QED) is 0.0195. The van der Waals surface area contributed by atoms with Gasteiger partial charge in [-0.15, -0.1) is 0 Å². The number of carboxylic acid groups (broad SMARTS) is 1. The smallest absolute Gasteiger partial charge is 0.306 e. The van der Waals surface area contributed by atoms with Gasteiger partial charge in [0.05, 0.1) is 40.3 Å². The van der Waals surface area contributed by atoms with Crippen LogP contribution >= 0.6 is 0 Å². The molecule has 0 aliphatic carbocycles. The lowest BCUT2D eigenvalue weighted by molar-refractivity contribution is -0.870. The average Bonchev–Trinajstić information content (AvgIpc) is 3.55. The minimum absolute atomic E-state index is 0.148. The molecule has 0 N–H and O–H groups in total. The van der Waals surface area contributed by atoms with Gasteiger partial charge in [-0.3, -0.25) is 9.59 Å². The van der Waals surface area contributed by atoms with E-state index in [1.54, 1.807) is 0 Å². The fourth-order valence-electron chi connectivity index (χ4n) is 10.8. The van der Waals surface area contributed by atoms with Crippen molar-refractivity contribution in [2.45, 2.75) is 360 Å². The van der Waals surface area contributed by atoms with Gasteiger partial charge < -0.3 is 33.3 Å². The van der Waals surface area contributed by atoms with Crippen molar-refractivity contribution in [2.24, 2.45) is 0 Å². The van der Waals surface area contributed by atoms with E-state index in [0.717, 1.165) is 64.2 Å². The highest BCUT2D eigenvalue weighted by Gasteiger charge is 2.22. The predicted octanol–water partition coefficient (Wildman–Crippen LogP) is 21.9. The third-order valence-corrected chi connectivity index (χ3v) is 16.4. The molecular formula is C78H141NO8. The van der Waals surface area contributed by atoms with Gasteiger partial charge in [0.15, 0.2) is 12.4 Å². The molecule has 87 heavy (non-hydrogen) atoms. The third-order valence-electron chi connectivity index (χ3n) is 16.4. The normalized spacial score (nSPS) is 13.1. The Morgan fingerprint density at radius 2 is 0.655 bits per heavy atom. The second-order valence-electron chi connectivity index (χ2n) is 26.2. The van der Waals surface area contributed by atoms with Crippen molar-refractivity contribution in [1.29, 1.82) is 0 Å². The molecule has 0 aliphatic rings. The molecule has 0 saturated heterocycles. The molecule has 0 amide bonds. The summed E-state index contributed by atoms with van der Waals surface area (Å²) < 4.78 is 22.8. The largest absolute Gasteiger partial charge is 0.545 e. The van der Waals surface area contributed by atoms with Crippen LogP contribution < -0.4 is 5.11 Å². The van der Waals surface area contributed by atoms with Crippen LogP contribution in [0.2, 0.25) is 0 Å². The molecule has 506 valence electrons. The van der Waals surface area contributed by atoms with E-state index in [1.807, 2.05) is 21.1 Å². The van der Waals surface area contributed by atoms with E-state index < -0.39 is 24.3 Å². The van der Waals surface area contributed by atoms with Crippen LogP contribution in [0, 0.1) is 0 Å². The number of nitrogens with zero attached hydrogens (tertiary/aromatic N) is 1. The van der Waals surface area contributed by atoms with Crippen LogP contribution in [0.4, 0.5) is 0 Å². The molecular weight excluding hydrogens is 1080 g/mol. The van der Waals surface area contributed by atoms with Crippen LogP contribution in [0.5, 0.6) is 0 Å². The number of likely N-dealkylation sites (N-methyl/N-ethyl adjacent to an activating group) is 1. The maximum absolute atomic E-state index is 12.9. The first kappa shape index (κ1) is 83.7. The van der Waals surface area contributed by atoms with Crippen LogP contribution in [-0.2, 0) is 33.3 Å². The summed E-state index contributed by atoms with van der Waals surface area (Å²) >= 11 is 0. The molecule has 0 heterocycles. The maximum atomic E-state index is 12.9. The topological polar surface area (TPSA) is 111 Å². The van der Waals surface area contributed by atoms with Gasteiger partial charge in [-0.2, -0.15) is 0 Å². The number of carbonyl (C=O) groups excluding carboxylic acids is 3. The second-order valence-corrected chi connectivity index (χ2v) is 26.2. The highest BCUT2D eigenvalue weighted by Crippen LogP contribution is 2.19. The van der Waals surface area contributed by atoms with Gasteiger partial charge >= 0.3 is 11.9 Å². The summed E-state index contributed by atoms with van der Waals surface area (Å²) in [4.78, 5) is 37.5. The van der Waals surface area contributed by atoms with Gasteiger partial charge in [0, 0.05) is 12.8 Å². The Kier molecular flexibility index (Phi) is 66.1. The molecule has 2 unspecified atom stereocenters. The molecule has 0 aromatic carbocycles. The Hall–Kier alpha value is -3.27. The number of hydrogen-bond acceptors (Lipinski definition) is 8. The fraction of sp³-hybridized carbons (Fsp3) is 0.808. The van der Waals surface area contributed by atoms with E-state index in [2.05, 4.69) is 86.8 Å². The zero-order valence-electron chi connectivity index (χ0n) is 57.9. The Morgan fingerprint density at radius 1 is 0.356 bits per heavy atom. The van der Waals surface area contributed by atoms with E-state index in [4.69, 9.17) is 18.9 Å². The monoisotopic (exact) mass is 1220 g/mol. The molecule has 0 aromatic rings. The summed E-state index contributed by atoms with van der Waals surface area (Å²) in [5.74, 6) is -2.26. The molecule has 9 heteroatoms. The first-order chi connectivity index (χ1) is 42.6. The number of carbonyl (C=O) groups is 3. The van der Waals surface area contributed by atoms with Crippen molar-refractivity contribution in [1.82, 2.24) is 0 Å². The van der Waals surface area contributed by atoms with E-state index >= 15 is 0 Å². The van der Waals surface area contributed by atoms with E-state index in [-0.39, 0.29) is 32.2 Å². The number of carboxylic acids is 1. The maximum Gasteiger partial charge on any atom is 0.306 e. The number of unbranched alkanes of at least 4 members (excludes halogenated alkanes) is 42. The lowest BCUT2D eigenvalue weighted by atomic mass is 10.0. The molecule has 2 atom stereocenters. The minimum atomic E-state index is -1.62. The number of ether oxygens (including phenoxy) is 4. The molecule has 0 radical (unpaired) electrons. The highest BCUT2D eigenvalue weighted by molar-refractivity contribution is 5.70. The molecule has 0 spiro atoms. The molecule has 0 rings (SSSR count). The van der Waals surface area contributed by atoms with Gasteiger partial charge in [-0.1, -0.05) is 324 Å². The molecule has 0 saturated carbocycles. The number of hydrogen-bond donors (Lipinski definition) is 0. The number of rotatable bonds is 69. The zero-order chi connectivity index (χ0) is 63.3. The van der Waals surface area contributed by atoms with E-state index in [1.165, 1.54) is 250 Å². The van der Waals surface area contributed by atoms with Gasteiger partial charge in [0.2, 0.25) is 0 Å². The van der Waals surface area contributed by atoms with Crippen molar-refractivity contribution in [3.63, 3.8) is 0 Å². The molecule has 0 bridgehead atoms. The van der Waals surface area contributed by atoms with Crippen molar-refractivity contribution in [2.75, 3.05) is 47.5 Å². The van der Waals surface area contributed by atoms with Gasteiger partial charge in [-0.25, -0.2) is 0 Å².